The van der Waals surface area contributed by atoms with E-state index >= 15 is 0 Å². The second-order valence-electron chi connectivity index (χ2n) is 6.35. The molecule has 1 aromatic heterocycles. The maximum atomic E-state index is 8.90. The highest BCUT2D eigenvalue weighted by Crippen LogP contribution is 2.27. The molecule has 0 bridgehead atoms. The minimum Gasteiger partial charge on any atom is -0.497 e. The zero-order valence-electron chi connectivity index (χ0n) is 17.1. The summed E-state index contributed by atoms with van der Waals surface area (Å²) in [5.41, 5.74) is 3.30. The largest absolute Gasteiger partial charge is 0.497 e. The van der Waals surface area contributed by atoms with Gasteiger partial charge in [0.1, 0.15) is 17.3 Å². The summed E-state index contributed by atoms with van der Waals surface area (Å²) < 4.78 is 15.7. The van der Waals surface area contributed by atoms with Gasteiger partial charge in [-0.25, -0.2) is 0 Å². The van der Waals surface area contributed by atoms with E-state index in [2.05, 4.69) is 20.4 Å². The number of nitrogens with one attached hydrogen (secondary N) is 1. The van der Waals surface area contributed by atoms with E-state index in [0.29, 0.717) is 29.4 Å². The van der Waals surface area contributed by atoms with Crippen LogP contribution in [0.1, 0.15) is 11.1 Å². The molecule has 0 saturated heterocycles. The third-order valence-corrected chi connectivity index (χ3v) is 4.49. The predicted octanol–water partition coefficient (Wildman–Crippen LogP) is 3.63. The van der Waals surface area contributed by atoms with Crippen molar-refractivity contribution in [3.63, 3.8) is 0 Å². The molecular weight excluding hydrogens is 384 g/mol. The second-order valence-corrected chi connectivity index (χ2v) is 6.35. The van der Waals surface area contributed by atoms with Crippen molar-refractivity contribution in [2.45, 2.75) is 6.42 Å². The van der Waals surface area contributed by atoms with E-state index in [1.54, 1.807) is 20.3 Å². The van der Waals surface area contributed by atoms with Gasteiger partial charge in [0, 0.05) is 23.7 Å². The van der Waals surface area contributed by atoms with E-state index in [1.807, 2.05) is 42.5 Å². The molecule has 3 rings (SSSR count). The minimum absolute atomic E-state index is 0.257. The molecule has 0 unspecified atom stereocenters. The Bertz CT molecular complexity index is 1010. The number of hydrogen-bond acceptors (Lipinski definition) is 8. The highest BCUT2D eigenvalue weighted by molar-refractivity contribution is 5.85. The van der Waals surface area contributed by atoms with Gasteiger partial charge in [-0.15, -0.1) is 0 Å². The number of ether oxygens (including phenoxy) is 3. The standard InChI is InChI=1S/C22H24N4O4/c1-28-18-7-4-15(5-8-18)10-11-23-21-13-19(25-22(26-21)30-3)16-6-9-20(29-2)17(12-16)14-24-27/h4-9,12-14,27H,10-11H2,1-3H3,(H,23,25,26). The Morgan fingerprint density at radius 2 is 1.77 bits per heavy atom. The van der Waals surface area contributed by atoms with Crippen molar-refractivity contribution >= 4 is 12.0 Å². The minimum atomic E-state index is 0.257. The first-order valence-corrected chi connectivity index (χ1v) is 9.32. The van der Waals surface area contributed by atoms with Crippen molar-refractivity contribution in [1.82, 2.24) is 9.97 Å². The summed E-state index contributed by atoms with van der Waals surface area (Å²) in [6.45, 7) is 0.691. The molecule has 30 heavy (non-hydrogen) atoms. The zero-order valence-corrected chi connectivity index (χ0v) is 17.1. The van der Waals surface area contributed by atoms with Gasteiger partial charge < -0.3 is 24.7 Å². The Morgan fingerprint density at radius 1 is 0.967 bits per heavy atom. The van der Waals surface area contributed by atoms with Crippen LogP contribution in [0.15, 0.2) is 53.7 Å². The number of hydrogen-bond donors (Lipinski definition) is 2. The van der Waals surface area contributed by atoms with Gasteiger partial charge in [0.25, 0.3) is 0 Å². The number of oxime groups is 1. The van der Waals surface area contributed by atoms with Crippen LogP contribution in [-0.4, -0.2) is 49.3 Å². The fourth-order valence-electron chi connectivity index (χ4n) is 2.94. The van der Waals surface area contributed by atoms with Crippen molar-refractivity contribution < 1.29 is 19.4 Å². The maximum absolute atomic E-state index is 8.90. The zero-order chi connectivity index (χ0) is 21.3. The lowest BCUT2D eigenvalue weighted by Gasteiger charge is -2.11. The van der Waals surface area contributed by atoms with Crippen molar-refractivity contribution in [3.8, 4) is 28.8 Å². The Labute approximate surface area is 175 Å². The molecular formula is C22H24N4O4. The third kappa shape index (κ3) is 5.16. The molecule has 0 saturated carbocycles. The van der Waals surface area contributed by atoms with E-state index in [4.69, 9.17) is 19.4 Å². The van der Waals surface area contributed by atoms with Crippen LogP contribution >= 0.6 is 0 Å². The topological polar surface area (TPSA) is 98.1 Å². The van der Waals surface area contributed by atoms with Crippen LogP contribution in [0, 0.1) is 0 Å². The first-order valence-electron chi connectivity index (χ1n) is 9.32. The number of methoxy groups -OCH3 is 3. The van der Waals surface area contributed by atoms with E-state index in [0.717, 1.165) is 17.7 Å². The van der Waals surface area contributed by atoms with Gasteiger partial charge in [-0.3, -0.25) is 0 Å². The monoisotopic (exact) mass is 408 g/mol. The van der Waals surface area contributed by atoms with Crippen LogP contribution in [0.2, 0.25) is 0 Å². The van der Waals surface area contributed by atoms with E-state index in [-0.39, 0.29) is 6.01 Å². The quantitative estimate of drug-likeness (QED) is 0.317. The number of nitrogens with zero attached hydrogens (tertiary/aromatic N) is 3. The molecule has 2 aromatic carbocycles. The molecule has 3 aromatic rings. The van der Waals surface area contributed by atoms with Crippen LogP contribution in [-0.2, 0) is 6.42 Å². The van der Waals surface area contributed by atoms with Crippen LogP contribution in [0.25, 0.3) is 11.3 Å². The smallest absolute Gasteiger partial charge is 0.318 e. The fourth-order valence-corrected chi connectivity index (χ4v) is 2.94. The molecule has 2 N–H and O–H groups in total. The predicted molar refractivity (Wildman–Crippen MR) is 115 cm³/mol. The molecule has 8 heteroatoms. The second kappa shape index (κ2) is 10.1. The van der Waals surface area contributed by atoms with Crippen LogP contribution in [0.5, 0.6) is 17.5 Å². The maximum Gasteiger partial charge on any atom is 0.318 e. The summed E-state index contributed by atoms with van der Waals surface area (Å²) in [5.74, 6) is 2.08. The number of rotatable bonds is 9. The van der Waals surface area contributed by atoms with E-state index in [1.165, 1.54) is 18.9 Å². The Kier molecular flexibility index (Phi) is 7.05. The summed E-state index contributed by atoms with van der Waals surface area (Å²) in [5, 5.41) is 15.3. The molecule has 0 aliphatic carbocycles. The molecule has 1 heterocycles. The lowest BCUT2D eigenvalue weighted by molar-refractivity contribution is 0.321. The normalized spacial score (nSPS) is 10.8. The van der Waals surface area contributed by atoms with Crippen molar-refractivity contribution in [2.75, 3.05) is 33.2 Å². The first-order chi connectivity index (χ1) is 14.7. The fraction of sp³-hybridized carbons (Fsp3) is 0.227. The van der Waals surface area contributed by atoms with Gasteiger partial charge in [0.15, 0.2) is 0 Å². The van der Waals surface area contributed by atoms with Gasteiger partial charge in [-0.2, -0.15) is 9.97 Å². The molecule has 0 spiro atoms. The SMILES string of the molecule is COc1ccc(CCNc2cc(-c3ccc(OC)c(C=NO)c3)nc(OC)n2)cc1. The van der Waals surface area contributed by atoms with Crippen LogP contribution in [0.4, 0.5) is 5.82 Å². The molecule has 0 aliphatic rings. The summed E-state index contributed by atoms with van der Waals surface area (Å²) in [6, 6.07) is 15.5. The lowest BCUT2D eigenvalue weighted by atomic mass is 10.1. The summed E-state index contributed by atoms with van der Waals surface area (Å²) in [4.78, 5) is 8.80. The average molecular weight is 408 g/mol. The molecule has 0 radical (unpaired) electrons. The number of aromatic nitrogens is 2. The van der Waals surface area contributed by atoms with Gasteiger partial charge in [0.05, 0.1) is 33.2 Å². The molecule has 0 amide bonds. The van der Waals surface area contributed by atoms with E-state index < -0.39 is 0 Å². The third-order valence-electron chi connectivity index (χ3n) is 4.49. The van der Waals surface area contributed by atoms with Gasteiger partial charge >= 0.3 is 6.01 Å². The summed E-state index contributed by atoms with van der Waals surface area (Å²) in [7, 11) is 4.74. The van der Waals surface area contributed by atoms with Gasteiger partial charge in [-0.05, 0) is 42.3 Å². The molecule has 156 valence electrons. The van der Waals surface area contributed by atoms with Crippen LogP contribution in [0.3, 0.4) is 0 Å². The highest BCUT2D eigenvalue weighted by atomic mass is 16.5. The van der Waals surface area contributed by atoms with Crippen molar-refractivity contribution in [3.05, 3.63) is 59.7 Å². The number of anilines is 1. The highest BCUT2D eigenvalue weighted by Gasteiger charge is 2.10. The average Bonchev–Trinajstić information content (AvgIpc) is 2.79. The number of benzene rings is 2. The van der Waals surface area contributed by atoms with Crippen molar-refractivity contribution in [1.29, 1.82) is 0 Å². The Balaban J connectivity index is 1.78. The Hall–Kier alpha value is -3.81. The molecule has 0 aliphatic heterocycles. The van der Waals surface area contributed by atoms with Gasteiger partial charge in [-0.1, -0.05) is 17.3 Å². The summed E-state index contributed by atoms with van der Waals surface area (Å²) in [6.07, 6.45) is 2.14. The molecule has 0 fully saturated rings. The van der Waals surface area contributed by atoms with Gasteiger partial charge in [0.2, 0.25) is 0 Å². The molecule has 0 atom stereocenters. The van der Waals surface area contributed by atoms with E-state index in [9.17, 15) is 0 Å². The van der Waals surface area contributed by atoms with Crippen molar-refractivity contribution in [2.24, 2.45) is 5.16 Å². The summed E-state index contributed by atoms with van der Waals surface area (Å²) >= 11 is 0. The molecule has 8 nitrogen and oxygen atoms in total. The lowest BCUT2D eigenvalue weighted by Crippen LogP contribution is -2.08. The first kappa shape index (κ1) is 20.9. The van der Waals surface area contributed by atoms with Crippen LogP contribution < -0.4 is 19.5 Å². The Morgan fingerprint density at radius 3 is 2.43 bits per heavy atom.